The Hall–Kier alpha value is -1.66. The Balaban J connectivity index is 0.00000320. The van der Waals surface area contributed by atoms with Crippen molar-refractivity contribution in [1.29, 1.82) is 0 Å². The molecular formula is C24H36ClN3O2. The summed E-state index contributed by atoms with van der Waals surface area (Å²) in [5.74, 6) is 0.412. The normalized spacial score (nSPS) is 15.7. The fourth-order valence-corrected chi connectivity index (χ4v) is 4.08. The lowest BCUT2D eigenvalue weighted by molar-refractivity contribution is -0.122. The summed E-state index contributed by atoms with van der Waals surface area (Å²) in [5, 5.41) is 5.76. The average molecular weight is 434 g/mol. The topological polar surface area (TPSA) is 44.8 Å². The molecule has 1 fully saturated rings. The van der Waals surface area contributed by atoms with E-state index in [1.54, 1.807) is 0 Å². The number of benzene rings is 2. The summed E-state index contributed by atoms with van der Waals surface area (Å²) in [4.78, 5) is 17.1. The lowest BCUT2D eigenvalue weighted by atomic mass is 9.90. The molecule has 166 valence electrons. The highest BCUT2D eigenvalue weighted by Gasteiger charge is 2.19. The van der Waals surface area contributed by atoms with Crippen molar-refractivity contribution in [3.05, 3.63) is 48.0 Å². The molecule has 0 radical (unpaired) electrons. The third-order valence-corrected chi connectivity index (χ3v) is 5.97. The highest BCUT2D eigenvalue weighted by molar-refractivity contribution is 5.86. The van der Waals surface area contributed by atoms with E-state index >= 15 is 0 Å². The van der Waals surface area contributed by atoms with Crippen LogP contribution in [0.2, 0.25) is 0 Å². The van der Waals surface area contributed by atoms with Gasteiger partial charge in [-0.25, -0.2) is 0 Å². The molecule has 1 saturated heterocycles. The van der Waals surface area contributed by atoms with Crippen molar-refractivity contribution in [3.63, 3.8) is 0 Å². The molecule has 1 atom stereocenters. The molecule has 2 aromatic rings. The smallest absolute Gasteiger partial charge is 0.234 e. The van der Waals surface area contributed by atoms with Crippen LogP contribution in [-0.4, -0.2) is 74.7 Å². The van der Waals surface area contributed by atoms with Crippen molar-refractivity contribution in [3.8, 4) is 0 Å². The first-order valence-corrected chi connectivity index (χ1v) is 11.0. The summed E-state index contributed by atoms with van der Waals surface area (Å²) in [6.45, 7) is 11.8. The largest absolute Gasteiger partial charge is 0.379 e. The number of likely N-dealkylation sites (N-methyl/N-ethyl adjacent to an activating group) is 1. The highest BCUT2D eigenvalue weighted by atomic mass is 35.5. The van der Waals surface area contributed by atoms with Crippen molar-refractivity contribution >= 4 is 29.1 Å². The summed E-state index contributed by atoms with van der Waals surface area (Å²) in [7, 11) is 0. The van der Waals surface area contributed by atoms with Crippen LogP contribution in [0.5, 0.6) is 0 Å². The number of fused-ring (bicyclic) bond motifs is 1. The van der Waals surface area contributed by atoms with Gasteiger partial charge in [-0.3, -0.25) is 14.6 Å². The minimum absolute atomic E-state index is 0. The van der Waals surface area contributed by atoms with Crippen molar-refractivity contribution < 1.29 is 9.53 Å². The van der Waals surface area contributed by atoms with E-state index in [1.807, 2.05) is 0 Å². The van der Waals surface area contributed by atoms with Crippen LogP contribution >= 0.6 is 12.4 Å². The fourth-order valence-electron chi connectivity index (χ4n) is 4.08. The monoisotopic (exact) mass is 433 g/mol. The summed E-state index contributed by atoms with van der Waals surface area (Å²) < 4.78 is 5.48. The fraction of sp³-hybridized carbons (Fsp3) is 0.542. The summed E-state index contributed by atoms with van der Waals surface area (Å²) in [5.41, 5.74) is 1.33. The molecular weight excluding hydrogens is 398 g/mol. The Bertz CT molecular complexity index is 771. The number of rotatable bonds is 10. The first kappa shape index (κ1) is 24.6. The maximum Gasteiger partial charge on any atom is 0.234 e. The Kier molecular flexibility index (Phi) is 10.6. The zero-order valence-electron chi connectivity index (χ0n) is 18.3. The summed E-state index contributed by atoms with van der Waals surface area (Å²) >= 11 is 0. The third kappa shape index (κ3) is 6.95. The van der Waals surface area contributed by atoms with E-state index in [2.05, 4.69) is 71.4 Å². The molecule has 0 saturated carbocycles. The molecule has 0 bridgehead atoms. The third-order valence-electron chi connectivity index (χ3n) is 5.97. The molecule has 6 heteroatoms. The van der Waals surface area contributed by atoms with Gasteiger partial charge in [-0.1, -0.05) is 56.3 Å². The molecule has 1 amide bonds. The zero-order chi connectivity index (χ0) is 20.5. The molecule has 0 aliphatic carbocycles. The van der Waals surface area contributed by atoms with E-state index in [-0.39, 0.29) is 18.3 Å². The van der Waals surface area contributed by atoms with Crippen molar-refractivity contribution in [2.45, 2.75) is 26.2 Å². The Morgan fingerprint density at radius 1 is 1.10 bits per heavy atom. The van der Waals surface area contributed by atoms with Gasteiger partial charge in [0.15, 0.2) is 0 Å². The van der Waals surface area contributed by atoms with Gasteiger partial charge in [0.1, 0.15) is 0 Å². The van der Waals surface area contributed by atoms with Crippen molar-refractivity contribution in [2.75, 3.05) is 59.0 Å². The van der Waals surface area contributed by atoms with Crippen LogP contribution in [0.1, 0.15) is 31.7 Å². The van der Waals surface area contributed by atoms with Crippen molar-refractivity contribution in [1.82, 2.24) is 15.1 Å². The van der Waals surface area contributed by atoms with Crippen LogP contribution in [0.15, 0.2) is 42.5 Å². The molecule has 1 aliphatic heterocycles. The van der Waals surface area contributed by atoms with E-state index in [1.165, 1.54) is 16.3 Å². The standard InChI is InChI=1S/C24H35N3O2.ClH/c1-3-26(4-2)19-24(28)25-18-21(12-13-27-14-16-29-17-15-27)23-11-7-9-20-8-5-6-10-22(20)23;/h5-11,21H,3-4,12-19H2,1-2H3,(H,25,28);1H. The second-order valence-electron chi connectivity index (χ2n) is 7.77. The van der Waals surface area contributed by atoms with E-state index in [0.29, 0.717) is 19.0 Å². The second-order valence-corrected chi connectivity index (χ2v) is 7.77. The van der Waals surface area contributed by atoms with Gasteiger partial charge in [-0.15, -0.1) is 12.4 Å². The molecule has 30 heavy (non-hydrogen) atoms. The van der Waals surface area contributed by atoms with Gasteiger partial charge in [0, 0.05) is 25.6 Å². The number of nitrogens with zero attached hydrogens (tertiary/aromatic N) is 2. The Labute approximate surface area is 187 Å². The van der Waals surface area contributed by atoms with Gasteiger partial charge in [0.05, 0.1) is 19.8 Å². The quantitative estimate of drug-likeness (QED) is 0.622. The van der Waals surface area contributed by atoms with Gasteiger partial charge >= 0.3 is 0 Å². The number of hydrogen-bond donors (Lipinski definition) is 1. The van der Waals surface area contributed by atoms with Gasteiger partial charge in [-0.05, 0) is 42.4 Å². The minimum atomic E-state index is 0. The lowest BCUT2D eigenvalue weighted by Gasteiger charge is -2.29. The average Bonchev–Trinajstić information content (AvgIpc) is 2.78. The molecule has 1 aliphatic rings. The number of carbonyl (C=O) groups excluding carboxylic acids is 1. The maximum atomic E-state index is 12.5. The molecule has 2 aromatic carbocycles. The second kappa shape index (κ2) is 12.9. The number of ether oxygens (including phenoxy) is 1. The van der Waals surface area contributed by atoms with Crippen LogP contribution in [-0.2, 0) is 9.53 Å². The van der Waals surface area contributed by atoms with E-state index < -0.39 is 0 Å². The molecule has 0 spiro atoms. The van der Waals surface area contributed by atoms with Crippen LogP contribution in [0, 0.1) is 0 Å². The number of nitrogens with one attached hydrogen (secondary N) is 1. The van der Waals surface area contributed by atoms with E-state index in [0.717, 1.165) is 52.4 Å². The number of halogens is 1. The number of carbonyl (C=O) groups is 1. The molecule has 0 aromatic heterocycles. The number of amides is 1. The molecule has 5 nitrogen and oxygen atoms in total. The molecule has 1 N–H and O–H groups in total. The zero-order valence-corrected chi connectivity index (χ0v) is 19.1. The Morgan fingerprint density at radius 3 is 2.53 bits per heavy atom. The predicted octanol–water partition coefficient (Wildman–Crippen LogP) is 3.53. The Morgan fingerprint density at radius 2 is 1.80 bits per heavy atom. The van der Waals surface area contributed by atoms with Crippen LogP contribution in [0.3, 0.4) is 0 Å². The van der Waals surface area contributed by atoms with Gasteiger partial charge in [0.25, 0.3) is 0 Å². The van der Waals surface area contributed by atoms with Crippen LogP contribution < -0.4 is 5.32 Å². The van der Waals surface area contributed by atoms with E-state index in [9.17, 15) is 4.79 Å². The SMILES string of the molecule is CCN(CC)CC(=O)NCC(CCN1CCOCC1)c1cccc2ccccc12.Cl. The highest BCUT2D eigenvalue weighted by Crippen LogP contribution is 2.28. The van der Waals surface area contributed by atoms with Gasteiger partial charge < -0.3 is 10.1 Å². The number of hydrogen-bond acceptors (Lipinski definition) is 4. The first-order valence-electron chi connectivity index (χ1n) is 11.0. The van der Waals surface area contributed by atoms with Crippen molar-refractivity contribution in [2.24, 2.45) is 0 Å². The molecule has 3 rings (SSSR count). The van der Waals surface area contributed by atoms with E-state index in [4.69, 9.17) is 4.74 Å². The van der Waals surface area contributed by atoms with Gasteiger partial charge in [-0.2, -0.15) is 0 Å². The van der Waals surface area contributed by atoms with Crippen LogP contribution in [0.25, 0.3) is 10.8 Å². The number of morpholine rings is 1. The summed E-state index contributed by atoms with van der Waals surface area (Å²) in [6.07, 6.45) is 1.03. The lowest BCUT2D eigenvalue weighted by Crippen LogP contribution is -2.40. The summed E-state index contributed by atoms with van der Waals surface area (Å²) in [6, 6.07) is 15.1. The van der Waals surface area contributed by atoms with Gasteiger partial charge in [0.2, 0.25) is 5.91 Å². The molecule has 1 unspecified atom stereocenters. The molecule has 1 heterocycles. The first-order chi connectivity index (χ1) is 14.2. The maximum absolute atomic E-state index is 12.5. The van der Waals surface area contributed by atoms with Crippen LogP contribution in [0.4, 0.5) is 0 Å². The minimum Gasteiger partial charge on any atom is -0.379 e. The predicted molar refractivity (Wildman–Crippen MR) is 127 cm³/mol.